The van der Waals surface area contributed by atoms with Gasteiger partial charge in [-0.1, -0.05) is 17.3 Å². The van der Waals surface area contributed by atoms with Crippen molar-refractivity contribution in [3.05, 3.63) is 36.1 Å². The number of rotatable bonds is 5. The molecule has 1 aromatic heterocycles. The van der Waals surface area contributed by atoms with Gasteiger partial charge in [-0.3, -0.25) is 9.59 Å². The molecule has 126 valence electrons. The van der Waals surface area contributed by atoms with Gasteiger partial charge in [0.2, 0.25) is 11.8 Å². The maximum atomic E-state index is 12.4. The second kappa shape index (κ2) is 6.74. The molecular formula is C17H19N3O4. The zero-order valence-corrected chi connectivity index (χ0v) is 13.6. The van der Waals surface area contributed by atoms with Crippen molar-refractivity contribution < 1.29 is 18.8 Å². The van der Waals surface area contributed by atoms with Gasteiger partial charge in [0.05, 0.1) is 18.2 Å². The number of para-hydroxylation sites is 2. The van der Waals surface area contributed by atoms with Gasteiger partial charge in [0.25, 0.3) is 0 Å². The molecule has 1 N–H and O–H groups in total. The number of carbonyl (C=O) groups is 2. The van der Waals surface area contributed by atoms with Gasteiger partial charge in [-0.15, -0.1) is 0 Å². The van der Waals surface area contributed by atoms with Gasteiger partial charge in [0, 0.05) is 19.0 Å². The molecule has 1 aliphatic heterocycles. The molecule has 1 aromatic carbocycles. The zero-order chi connectivity index (χ0) is 17.1. The average molecular weight is 329 g/mol. The Bertz CT molecular complexity index is 756. The van der Waals surface area contributed by atoms with Gasteiger partial charge in [-0.05, 0) is 26.0 Å². The number of hydrogen-bond donors (Lipinski definition) is 1. The van der Waals surface area contributed by atoms with Gasteiger partial charge in [0.1, 0.15) is 11.5 Å². The molecule has 0 spiro atoms. The molecule has 7 nitrogen and oxygen atoms in total. The third-order valence-electron chi connectivity index (χ3n) is 3.83. The molecule has 0 saturated carbocycles. The summed E-state index contributed by atoms with van der Waals surface area (Å²) in [5.74, 6) is 0.829. The summed E-state index contributed by atoms with van der Waals surface area (Å²) in [5, 5.41) is 6.42. The number of nitrogens with zero attached hydrogens (tertiary/aromatic N) is 2. The second-order valence-corrected chi connectivity index (χ2v) is 5.62. The van der Waals surface area contributed by atoms with Crippen molar-refractivity contribution in [3.63, 3.8) is 0 Å². The number of aryl methyl sites for hydroxylation is 1. The number of ether oxygens (including phenoxy) is 1. The Morgan fingerprint density at radius 3 is 2.96 bits per heavy atom. The standard InChI is InChI=1S/C17H19N3O4/c1-3-23-14-7-5-4-6-13(14)20-10-12(9-16(20)21)17(22)18-15-8-11(2)24-19-15/h4-8,12H,3,9-10H2,1-2H3,(H,18,19,22)/t12-/m0/s1. The van der Waals surface area contributed by atoms with E-state index >= 15 is 0 Å². The number of carbonyl (C=O) groups excluding carboxylic acids is 2. The highest BCUT2D eigenvalue weighted by Crippen LogP contribution is 2.33. The van der Waals surface area contributed by atoms with E-state index < -0.39 is 5.92 Å². The number of hydrogen-bond acceptors (Lipinski definition) is 5. The second-order valence-electron chi connectivity index (χ2n) is 5.62. The molecule has 1 aliphatic rings. The highest BCUT2D eigenvalue weighted by molar-refractivity contribution is 6.03. The van der Waals surface area contributed by atoms with Crippen LogP contribution in [0.25, 0.3) is 0 Å². The Labute approximate surface area is 139 Å². The maximum Gasteiger partial charge on any atom is 0.231 e. The number of amides is 2. The van der Waals surface area contributed by atoms with Crippen molar-refractivity contribution in [1.82, 2.24) is 5.16 Å². The minimum Gasteiger partial charge on any atom is -0.492 e. The number of aromatic nitrogens is 1. The summed E-state index contributed by atoms with van der Waals surface area (Å²) >= 11 is 0. The van der Waals surface area contributed by atoms with Gasteiger partial charge < -0.3 is 19.5 Å². The molecular weight excluding hydrogens is 310 g/mol. The minimum absolute atomic E-state index is 0.0985. The summed E-state index contributed by atoms with van der Waals surface area (Å²) in [4.78, 5) is 26.3. The lowest BCUT2D eigenvalue weighted by molar-refractivity contribution is -0.122. The smallest absolute Gasteiger partial charge is 0.231 e. The molecule has 1 atom stereocenters. The molecule has 0 bridgehead atoms. The van der Waals surface area contributed by atoms with E-state index in [-0.39, 0.29) is 18.2 Å². The van der Waals surface area contributed by atoms with Crippen molar-refractivity contribution in [2.75, 3.05) is 23.4 Å². The van der Waals surface area contributed by atoms with Crippen LogP contribution in [0.2, 0.25) is 0 Å². The molecule has 24 heavy (non-hydrogen) atoms. The summed E-state index contributed by atoms with van der Waals surface area (Å²) in [6.07, 6.45) is 0.156. The number of benzene rings is 1. The lowest BCUT2D eigenvalue weighted by Crippen LogP contribution is -2.28. The van der Waals surface area contributed by atoms with E-state index in [2.05, 4.69) is 10.5 Å². The average Bonchev–Trinajstić information content (AvgIpc) is 3.14. The van der Waals surface area contributed by atoms with E-state index in [1.54, 1.807) is 17.9 Å². The molecule has 7 heteroatoms. The fraction of sp³-hybridized carbons (Fsp3) is 0.353. The molecule has 2 heterocycles. The monoisotopic (exact) mass is 329 g/mol. The summed E-state index contributed by atoms with van der Waals surface area (Å²) in [6, 6.07) is 8.97. The topological polar surface area (TPSA) is 84.7 Å². The first-order valence-electron chi connectivity index (χ1n) is 7.85. The lowest BCUT2D eigenvalue weighted by Gasteiger charge is -2.20. The predicted molar refractivity (Wildman–Crippen MR) is 87.9 cm³/mol. The van der Waals surface area contributed by atoms with Crippen molar-refractivity contribution in [1.29, 1.82) is 0 Å². The van der Waals surface area contributed by atoms with Crippen LogP contribution in [0.4, 0.5) is 11.5 Å². The molecule has 1 fully saturated rings. The van der Waals surface area contributed by atoms with Crippen LogP contribution in [0.1, 0.15) is 19.1 Å². The van der Waals surface area contributed by atoms with Gasteiger partial charge in [0.15, 0.2) is 5.82 Å². The summed E-state index contributed by atoms with van der Waals surface area (Å²) < 4.78 is 10.5. The van der Waals surface area contributed by atoms with Gasteiger partial charge >= 0.3 is 0 Å². The van der Waals surface area contributed by atoms with Crippen molar-refractivity contribution in [2.45, 2.75) is 20.3 Å². The summed E-state index contributed by atoms with van der Waals surface area (Å²) in [5.41, 5.74) is 0.692. The van der Waals surface area contributed by atoms with Gasteiger partial charge in [-0.25, -0.2) is 0 Å². The van der Waals surface area contributed by atoms with Crippen LogP contribution in [0, 0.1) is 12.8 Å². The number of nitrogens with one attached hydrogen (secondary N) is 1. The predicted octanol–water partition coefficient (Wildman–Crippen LogP) is 2.37. The van der Waals surface area contributed by atoms with Crippen LogP contribution in [0.3, 0.4) is 0 Å². The third-order valence-corrected chi connectivity index (χ3v) is 3.83. The molecule has 1 saturated heterocycles. The van der Waals surface area contributed by atoms with E-state index in [1.807, 2.05) is 31.2 Å². The van der Waals surface area contributed by atoms with Gasteiger partial charge in [-0.2, -0.15) is 0 Å². The molecule has 0 unspecified atom stereocenters. The molecule has 3 rings (SSSR count). The summed E-state index contributed by atoms with van der Waals surface area (Å²) in [7, 11) is 0. The maximum absolute atomic E-state index is 12.4. The van der Waals surface area contributed by atoms with E-state index in [9.17, 15) is 9.59 Å². The van der Waals surface area contributed by atoms with Crippen LogP contribution in [0.5, 0.6) is 5.75 Å². The Hall–Kier alpha value is -2.83. The van der Waals surface area contributed by atoms with Crippen LogP contribution < -0.4 is 15.0 Å². The van der Waals surface area contributed by atoms with E-state index in [1.165, 1.54) is 0 Å². The van der Waals surface area contributed by atoms with Crippen LogP contribution >= 0.6 is 0 Å². The van der Waals surface area contributed by atoms with Crippen LogP contribution in [-0.2, 0) is 9.59 Å². The Kier molecular flexibility index (Phi) is 4.50. The van der Waals surface area contributed by atoms with Crippen molar-refractivity contribution in [3.8, 4) is 5.75 Å². The normalized spacial score (nSPS) is 17.2. The molecule has 2 amide bonds. The van der Waals surface area contributed by atoms with E-state index in [4.69, 9.17) is 9.26 Å². The highest BCUT2D eigenvalue weighted by Gasteiger charge is 2.36. The molecule has 2 aromatic rings. The fourth-order valence-electron chi connectivity index (χ4n) is 2.73. The van der Waals surface area contributed by atoms with Crippen molar-refractivity contribution in [2.24, 2.45) is 5.92 Å². The largest absolute Gasteiger partial charge is 0.492 e. The quantitative estimate of drug-likeness (QED) is 0.910. The Morgan fingerprint density at radius 2 is 2.25 bits per heavy atom. The van der Waals surface area contributed by atoms with Crippen LogP contribution in [-0.4, -0.2) is 30.1 Å². The molecule has 0 aliphatic carbocycles. The van der Waals surface area contributed by atoms with E-state index in [0.717, 1.165) is 0 Å². The lowest BCUT2D eigenvalue weighted by atomic mass is 10.1. The third kappa shape index (κ3) is 3.24. The SMILES string of the molecule is CCOc1ccccc1N1C[C@@H](C(=O)Nc2cc(C)on2)CC1=O. The number of anilines is 2. The van der Waals surface area contributed by atoms with Crippen molar-refractivity contribution >= 4 is 23.3 Å². The first kappa shape index (κ1) is 16.0. The van der Waals surface area contributed by atoms with Crippen LogP contribution in [0.15, 0.2) is 34.9 Å². The summed E-state index contributed by atoms with van der Waals surface area (Å²) in [6.45, 7) is 4.45. The Morgan fingerprint density at radius 1 is 1.46 bits per heavy atom. The Balaban J connectivity index is 1.73. The molecule has 0 radical (unpaired) electrons. The van der Waals surface area contributed by atoms with E-state index in [0.29, 0.717) is 36.2 Å². The minimum atomic E-state index is -0.441. The highest BCUT2D eigenvalue weighted by atomic mass is 16.5. The first-order valence-corrected chi connectivity index (χ1v) is 7.85. The fourth-order valence-corrected chi connectivity index (χ4v) is 2.73. The zero-order valence-electron chi connectivity index (χ0n) is 13.6. The first-order chi connectivity index (χ1) is 11.6.